The largest absolute Gasteiger partial charge is 0.399 e. The minimum Gasteiger partial charge on any atom is -0.399 e. The predicted molar refractivity (Wildman–Crippen MR) is 77.6 cm³/mol. The van der Waals surface area contributed by atoms with Crippen molar-refractivity contribution in [2.45, 2.75) is 39.5 Å². The van der Waals surface area contributed by atoms with Gasteiger partial charge in [-0.3, -0.25) is 4.79 Å². The van der Waals surface area contributed by atoms with Gasteiger partial charge in [-0.05, 0) is 37.1 Å². The van der Waals surface area contributed by atoms with Gasteiger partial charge in [0.15, 0.2) is 0 Å². The summed E-state index contributed by atoms with van der Waals surface area (Å²) in [6.45, 7) is 4.23. The van der Waals surface area contributed by atoms with E-state index in [0.717, 1.165) is 37.1 Å². The molecular weight excluding hydrogens is 224 g/mol. The minimum atomic E-state index is 0.132. The summed E-state index contributed by atoms with van der Waals surface area (Å²) < 4.78 is 0. The Balaban J connectivity index is 2.72. The van der Waals surface area contributed by atoms with Crippen LogP contribution in [0.2, 0.25) is 0 Å². The Morgan fingerprint density at radius 1 is 1.28 bits per heavy atom. The van der Waals surface area contributed by atoms with Crippen molar-refractivity contribution in [3.63, 3.8) is 0 Å². The van der Waals surface area contributed by atoms with Crippen molar-refractivity contribution in [2.75, 3.05) is 17.7 Å². The van der Waals surface area contributed by atoms with E-state index in [1.165, 1.54) is 0 Å². The van der Waals surface area contributed by atoms with Gasteiger partial charge in [-0.2, -0.15) is 0 Å². The Kier molecular flexibility index (Phi) is 5.69. The summed E-state index contributed by atoms with van der Waals surface area (Å²) in [6, 6.07) is 7.43. The van der Waals surface area contributed by atoms with E-state index in [1.807, 2.05) is 31.3 Å². The van der Waals surface area contributed by atoms with E-state index in [2.05, 4.69) is 13.8 Å². The van der Waals surface area contributed by atoms with Gasteiger partial charge in [-0.25, -0.2) is 0 Å². The highest BCUT2D eigenvalue weighted by molar-refractivity contribution is 5.94. The number of nitrogens with two attached hydrogens (primary N) is 1. The second-order valence-corrected chi connectivity index (χ2v) is 4.74. The number of carbonyl (C=O) groups excluding carboxylic acids is 1. The number of nitrogens with zero attached hydrogens (tertiary/aromatic N) is 1. The molecule has 1 amide bonds. The summed E-state index contributed by atoms with van der Waals surface area (Å²) in [7, 11) is 1.84. The molecule has 0 radical (unpaired) electrons. The summed E-state index contributed by atoms with van der Waals surface area (Å²) in [5.74, 6) is 0.336. The van der Waals surface area contributed by atoms with Gasteiger partial charge in [0.1, 0.15) is 0 Å². The van der Waals surface area contributed by atoms with Crippen molar-refractivity contribution in [1.29, 1.82) is 0 Å². The van der Waals surface area contributed by atoms with Crippen LogP contribution in [0.5, 0.6) is 0 Å². The van der Waals surface area contributed by atoms with E-state index in [0.29, 0.717) is 0 Å². The van der Waals surface area contributed by atoms with Crippen LogP contribution in [0, 0.1) is 5.92 Å². The van der Waals surface area contributed by atoms with E-state index in [-0.39, 0.29) is 11.8 Å². The summed E-state index contributed by atoms with van der Waals surface area (Å²) in [4.78, 5) is 14.1. The van der Waals surface area contributed by atoms with Crippen LogP contribution in [0.1, 0.15) is 39.5 Å². The van der Waals surface area contributed by atoms with E-state index < -0.39 is 0 Å². The van der Waals surface area contributed by atoms with E-state index in [9.17, 15) is 4.79 Å². The molecule has 2 N–H and O–H groups in total. The van der Waals surface area contributed by atoms with Crippen molar-refractivity contribution in [3.8, 4) is 0 Å². The SMILES string of the molecule is CCCCC(CC)C(=O)N(C)c1ccc(N)cc1. The Morgan fingerprint density at radius 2 is 1.89 bits per heavy atom. The highest BCUT2D eigenvalue weighted by atomic mass is 16.2. The third kappa shape index (κ3) is 3.76. The molecular formula is C15H24N2O. The second kappa shape index (κ2) is 7.04. The van der Waals surface area contributed by atoms with Gasteiger partial charge in [0.2, 0.25) is 5.91 Å². The fraction of sp³-hybridized carbons (Fsp3) is 0.533. The van der Waals surface area contributed by atoms with Gasteiger partial charge < -0.3 is 10.6 Å². The molecule has 1 unspecified atom stereocenters. The number of rotatable bonds is 6. The molecule has 0 spiro atoms. The van der Waals surface area contributed by atoms with Crippen LogP contribution in [0.25, 0.3) is 0 Å². The van der Waals surface area contributed by atoms with Gasteiger partial charge in [-0.1, -0.05) is 26.7 Å². The van der Waals surface area contributed by atoms with Crippen LogP contribution >= 0.6 is 0 Å². The van der Waals surface area contributed by atoms with Gasteiger partial charge in [-0.15, -0.1) is 0 Å². The zero-order valence-corrected chi connectivity index (χ0v) is 11.6. The molecule has 0 bridgehead atoms. The Bertz CT molecular complexity index is 373. The van der Waals surface area contributed by atoms with Crippen molar-refractivity contribution in [1.82, 2.24) is 0 Å². The number of hydrogen-bond acceptors (Lipinski definition) is 2. The molecule has 0 aliphatic rings. The first kappa shape index (κ1) is 14.6. The Morgan fingerprint density at radius 3 is 2.39 bits per heavy atom. The number of unbranched alkanes of at least 4 members (excludes halogenated alkanes) is 1. The maximum absolute atomic E-state index is 12.4. The first-order chi connectivity index (χ1) is 8.60. The number of hydrogen-bond donors (Lipinski definition) is 1. The number of anilines is 2. The number of benzene rings is 1. The molecule has 1 rings (SSSR count). The van der Waals surface area contributed by atoms with Crippen LogP contribution in [-0.4, -0.2) is 13.0 Å². The maximum Gasteiger partial charge on any atom is 0.229 e. The molecule has 0 aromatic heterocycles. The number of nitrogen functional groups attached to an aromatic ring is 1. The topological polar surface area (TPSA) is 46.3 Å². The third-order valence-electron chi connectivity index (χ3n) is 3.36. The van der Waals surface area contributed by atoms with Gasteiger partial charge >= 0.3 is 0 Å². The van der Waals surface area contributed by atoms with Crippen LogP contribution < -0.4 is 10.6 Å². The summed E-state index contributed by atoms with van der Waals surface area (Å²) >= 11 is 0. The van der Waals surface area contributed by atoms with Crippen LogP contribution in [0.3, 0.4) is 0 Å². The molecule has 0 aliphatic carbocycles. The second-order valence-electron chi connectivity index (χ2n) is 4.74. The molecule has 0 aliphatic heterocycles. The average Bonchev–Trinajstić information content (AvgIpc) is 2.39. The summed E-state index contributed by atoms with van der Waals surface area (Å²) in [6.07, 6.45) is 4.12. The molecule has 18 heavy (non-hydrogen) atoms. The Hall–Kier alpha value is -1.51. The monoisotopic (exact) mass is 248 g/mol. The summed E-state index contributed by atoms with van der Waals surface area (Å²) in [5.41, 5.74) is 7.28. The molecule has 100 valence electrons. The lowest BCUT2D eigenvalue weighted by atomic mass is 9.97. The van der Waals surface area contributed by atoms with E-state index >= 15 is 0 Å². The van der Waals surface area contributed by atoms with Gasteiger partial charge in [0.05, 0.1) is 0 Å². The predicted octanol–water partition coefficient (Wildman–Crippen LogP) is 3.45. The highest BCUT2D eigenvalue weighted by Gasteiger charge is 2.20. The van der Waals surface area contributed by atoms with Crippen LogP contribution in [-0.2, 0) is 4.79 Å². The normalized spacial score (nSPS) is 12.2. The maximum atomic E-state index is 12.4. The molecule has 0 fully saturated rings. The smallest absolute Gasteiger partial charge is 0.229 e. The van der Waals surface area contributed by atoms with E-state index in [4.69, 9.17) is 5.73 Å². The quantitative estimate of drug-likeness (QED) is 0.784. The first-order valence-electron chi connectivity index (χ1n) is 6.73. The first-order valence-corrected chi connectivity index (χ1v) is 6.73. The fourth-order valence-electron chi connectivity index (χ4n) is 2.05. The lowest BCUT2D eigenvalue weighted by molar-refractivity contribution is -0.122. The Labute approximate surface area is 110 Å². The van der Waals surface area contributed by atoms with Gasteiger partial charge in [0, 0.05) is 24.3 Å². The average molecular weight is 248 g/mol. The van der Waals surface area contributed by atoms with Crippen molar-refractivity contribution in [2.24, 2.45) is 5.92 Å². The third-order valence-corrected chi connectivity index (χ3v) is 3.36. The minimum absolute atomic E-state index is 0.132. The fourth-order valence-corrected chi connectivity index (χ4v) is 2.05. The molecule has 3 heteroatoms. The zero-order chi connectivity index (χ0) is 13.5. The number of carbonyl (C=O) groups is 1. The lowest BCUT2D eigenvalue weighted by Gasteiger charge is -2.23. The standard InChI is InChI=1S/C15H24N2O/c1-4-6-7-12(5-2)15(18)17(3)14-10-8-13(16)9-11-14/h8-12H,4-7,16H2,1-3H3. The highest BCUT2D eigenvalue weighted by Crippen LogP contribution is 2.21. The molecule has 1 aromatic rings. The van der Waals surface area contributed by atoms with Crippen LogP contribution in [0.4, 0.5) is 11.4 Å². The molecule has 3 nitrogen and oxygen atoms in total. The molecule has 1 aromatic carbocycles. The molecule has 0 saturated heterocycles. The van der Waals surface area contributed by atoms with Crippen molar-refractivity contribution in [3.05, 3.63) is 24.3 Å². The zero-order valence-electron chi connectivity index (χ0n) is 11.6. The molecule has 0 saturated carbocycles. The lowest BCUT2D eigenvalue weighted by Crippen LogP contribution is -2.32. The molecule has 0 heterocycles. The number of amides is 1. The summed E-state index contributed by atoms with van der Waals surface area (Å²) in [5, 5.41) is 0. The van der Waals surface area contributed by atoms with Crippen molar-refractivity contribution < 1.29 is 4.79 Å². The van der Waals surface area contributed by atoms with E-state index in [1.54, 1.807) is 4.90 Å². The van der Waals surface area contributed by atoms with Crippen molar-refractivity contribution >= 4 is 17.3 Å². The van der Waals surface area contributed by atoms with Gasteiger partial charge in [0.25, 0.3) is 0 Å². The van der Waals surface area contributed by atoms with Crippen LogP contribution in [0.15, 0.2) is 24.3 Å². The molecule has 1 atom stereocenters.